The molecule has 22 heavy (non-hydrogen) atoms. The summed E-state index contributed by atoms with van der Waals surface area (Å²) in [4.78, 5) is 20.6. The highest BCUT2D eigenvalue weighted by Gasteiger charge is 2.04. The summed E-state index contributed by atoms with van der Waals surface area (Å²) in [5, 5.41) is 4.71. The van der Waals surface area contributed by atoms with Gasteiger partial charge in [-0.2, -0.15) is 0 Å². The normalized spacial score (nSPS) is 10.2. The van der Waals surface area contributed by atoms with Crippen molar-refractivity contribution in [2.75, 3.05) is 5.32 Å². The topological polar surface area (TPSA) is 64.1 Å². The lowest BCUT2D eigenvalue weighted by atomic mass is 10.3. The van der Waals surface area contributed by atoms with Gasteiger partial charge in [0.1, 0.15) is 5.75 Å². The molecule has 0 aliphatic carbocycles. The fourth-order valence-corrected chi connectivity index (χ4v) is 2.59. The maximum absolute atomic E-state index is 11.1. The molecule has 3 aromatic rings. The summed E-state index contributed by atoms with van der Waals surface area (Å²) in [6.45, 7) is 1.46. The maximum Gasteiger partial charge on any atom is 0.321 e. The number of nitrogens with one attached hydrogen (secondary N) is 1. The first kappa shape index (κ1) is 14.2. The largest absolute Gasteiger partial charge is 0.424 e. The molecule has 2 heterocycles. The van der Waals surface area contributed by atoms with E-state index in [2.05, 4.69) is 15.3 Å². The van der Waals surface area contributed by atoms with Gasteiger partial charge in [0, 0.05) is 41.5 Å². The Morgan fingerprint density at radius 1 is 1.18 bits per heavy atom. The molecule has 0 radical (unpaired) electrons. The van der Waals surface area contributed by atoms with Gasteiger partial charge in [0.05, 0.1) is 0 Å². The molecule has 0 atom stereocenters. The Hall–Kier alpha value is -2.73. The zero-order chi connectivity index (χ0) is 15.4. The van der Waals surface area contributed by atoms with E-state index in [4.69, 9.17) is 4.74 Å². The van der Waals surface area contributed by atoms with Crippen LogP contribution in [0, 0.1) is 0 Å². The molecular formula is C16H13N3O2S. The van der Waals surface area contributed by atoms with Crippen LogP contribution in [0.15, 0.2) is 54.2 Å². The van der Waals surface area contributed by atoms with Crippen LogP contribution in [0.2, 0.25) is 0 Å². The van der Waals surface area contributed by atoms with E-state index in [0.29, 0.717) is 11.4 Å². The number of hydrogen-bond acceptors (Lipinski definition) is 5. The molecule has 6 heteroatoms. The Morgan fingerprint density at radius 2 is 2.00 bits per heavy atom. The number of thiophene rings is 1. The number of carbonyl (C=O) groups is 1. The SMILES string of the molecule is CC(=O)Nc1cccc(Oc2ncc(-c3cccs3)cn2)c1. The minimum Gasteiger partial charge on any atom is -0.424 e. The second-order valence-corrected chi connectivity index (χ2v) is 5.49. The quantitative estimate of drug-likeness (QED) is 0.792. The number of ether oxygens (including phenoxy) is 1. The molecule has 2 aromatic heterocycles. The van der Waals surface area contributed by atoms with Crippen molar-refractivity contribution in [1.29, 1.82) is 0 Å². The zero-order valence-electron chi connectivity index (χ0n) is 11.8. The van der Waals surface area contributed by atoms with Gasteiger partial charge in [-0.1, -0.05) is 12.1 Å². The Balaban J connectivity index is 1.74. The zero-order valence-corrected chi connectivity index (χ0v) is 12.6. The fourth-order valence-electron chi connectivity index (χ4n) is 1.88. The summed E-state index contributed by atoms with van der Waals surface area (Å²) in [5.74, 6) is 0.434. The van der Waals surface area contributed by atoms with Crippen molar-refractivity contribution in [3.05, 3.63) is 54.2 Å². The highest BCUT2D eigenvalue weighted by atomic mass is 32.1. The molecule has 0 aliphatic heterocycles. The molecule has 1 N–H and O–H groups in total. The number of nitrogens with zero attached hydrogens (tertiary/aromatic N) is 2. The predicted molar refractivity (Wildman–Crippen MR) is 86.2 cm³/mol. The van der Waals surface area contributed by atoms with Crippen LogP contribution in [0.1, 0.15) is 6.92 Å². The summed E-state index contributed by atoms with van der Waals surface area (Å²) in [7, 11) is 0. The average molecular weight is 311 g/mol. The van der Waals surface area contributed by atoms with E-state index in [1.165, 1.54) is 6.92 Å². The van der Waals surface area contributed by atoms with E-state index in [0.717, 1.165) is 10.4 Å². The summed E-state index contributed by atoms with van der Waals surface area (Å²) >= 11 is 1.63. The number of benzene rings is 1. The fraction of sp³-hybridized carbons (Fsp3) is 0.0625. The monoisotopic (exact) mass is 311 g/mol. The minimum atomic E-state index is -0.131. The van der Waals surface area contributed by atoms with Crippen molar-refractivity contribution in [2.45, 2.75) is 6.92 Å². The van der Waals surface area contributed by atoms with Crippen LogP contribution in [-0.2, 0) is 4.79 Å². The van der Waals surface area contributed by atoms with Crippen molar-refractivity contribution in [1.82, 2.24) is 9.97 Å². The lowest BCUT2D eigenvalue weighted by Gasteiger charge is -2.06. The first-order valence-corrected chi connectivity index (χ1v) is 7.50. The van der Waals surface area contributed by atoms with Crippen LogP contribution in [0.4, 0.5) is 5.69 Å². The number of amides is 1. The van der Waals surface area contributed by atoms with E-state index in [1.54, 1.807) is 48.0 Å². The summed E-state index contributed by atoms with van der Waals surface area (Å²) < 4.78 is 5.60. The average Bonchev–Trinajstić information content (AvgIpc) is 3.02. The lowest BCUT2D eigenvalue weighted by molar-refractivity contribution is -0.114. The number of aromatic nitrogens is 2. The molecule has 0 aliphatic rings. The molecule has 1 amide bonds. The molecule has 0 unspecified atom stereocenters. The third kappa shape index (κ3) is 3.48. The predicted octanol–water partition coefficient (Wildman–Crippen LogP) is 3.96. The molecule has 0 saturated carbocycles. The van der Waals surface area contributed by atoms with Gasteiger partial charge in [0.25, 0.3) is 0 Å². The molecule has 5 nitrogen and oxygen atoms in total. The Bertz CT molecular complexity index is 770. The standard InChI is InChI=1S/C16H13N3O2S/c1-11(20)19-13-4-2-5-14(8-13)21-16-17-9-12(10-18-16)15-6-3-7-22-15/h2-10H,1H3,(H,19,20). The van der Waals surface area contributed by atoms with Gasteiger partial charge in [0.2, 0.25) is 5.91 Å². The maximum atomic E-state index is 11.1. The van der Waals surface area contributed by atoms with Crippen molar-refractivity contribution in [3.63, 3.8) is 0 Å². The molecule has 0 saturated heterocycles. The highest BCUT2D eigenvalue weighted by molar-refractivity contribution is 7.13. The first-order chi connectivity index (χ1) is 10.7. The number of anilines is 1. The third-order valence-corrected chi connectivity index (χ3v) is 3.72. The van der Waals surface area contributed by atoms with E-state index in [9.17, 15) is 4.79 Å². The first-order valence-electron chi connectivity index (χ1n) is 6.62. The third-order valence-electron chi connectivity index (χ3n) is 2.80. The molecule has 0 bridgehead atoms. The Morgan fingerprint density at radius 3 is 2.68 bits per heavy atom. The highest BCUT2D eigenvalue weighted by Crippen LogP contribution is 2.25. The molecular weight excluding hydrogens is 298 g/mol. The van der Waals surface area contributed by atoms with Crippen molar-refractivity contribution < 1.29 is 9.53 Å². The Labute approximate surface area is 131 Å². The summed E-state index contributed by atoms with van der Waals surface area (Å²) in [6.07, 6.45) is 3.46. The van der Waals surface area contributed by atoms with Crippen molar-refractivity contribution in [3.8, 4) is 22.2 Å². The second-order valence-electron chi connectivity index (χ2n) is 4.54. The summed E-state index contributed by atoms with van der Waals surface area (Å²) in [6, 6.07) is 11.3. The Kier molecular flexibility index (Phi) is 4.11. The van der Waals surface area contributed by atoms with Crippen LogP contribution < -0.4 is 10.1 Å². The van der Waals surface area contributed by atoms with Gasteiger partial charge in [-0.05, 0) is 23.6 Å². The number of hydrogen-bond donors (Lipinski definition) is 1. The van der Waals surface area contributed by atoms with Crippen LogP contribution in [0.25, 0.3) is 10.4 Å². The minimum absolute atomic E-state index is 0.131. The molecule has 0 spiro atoms. The number of rotatable bonds is 4. The van der Waals surface area contributed by atoms with Gasteiger partial charge in [-0.25, -0.2) is 9.97 Å². The lowest BCUT2D eigenvalue weighted by Crippen LogP contribution is -2.05. The molecule has 110 valence electrons. The summed E-state index contributed by atoms with van der Waals surface area (Å²) in [5.41, 5.74) is 1.62. The van der Waals surface area contributed by atoms with Crippen molar-refractivity contribution >= 4 is 22.9 Å². The molecule has 0 fully saturated rings. The molecule has 3 rings (SSSR count). The van der Waals surface area contributed by atoms with Crippen LogP contribution in [0.5, 0.6) is 11.8 Å². The van der Waals surface area contributed by atoms with Gasteiger partial charge in [-0.3, -0.25) is 4.79 Å². The molecule has 1 aromatic carbocycles. The van der Waals surface area contributed by atoms with Crippen LogP contribution in [0.3, 0.4) is 0 Å². The van der Waals surface area contributed by atoms with Gasteiger partial charge >= 0.3 is 6.01 Å². The van der Waals surface area contributed by atoms with E-state index in [1.807, 2.05) is 17.5 Å². The van der Waals surface area contributed by atoms with Gasteiger partial charge in [0.15, 0.2) is 0 Å². The van der Waals surface area contributed by atoms with Crippen molar-refractivity contribution in [2.24, 2.45) is 0 Å². The van der Waals surface area contributed by atoms with E-state index < -0.39 is 0 Å². The van der Waals surface area contributed by atoms with E-state index >= 15 is 0 Å². The van der Waals surface area contributed by atoms with Gasteiger partial charge in [-0.15, -0.1) is 11.3 Å². The number of carbonyl (C=O) groups excluding carboxylic acids is 1. The smallest absolute Gasteiger partial charge is 0.321 e. The van der Waals surface area contributed by atoms with Crippen LogP contribution in [-0.4, -0.2) is 15.9 Å². The van der Waals surface area contributed by atoms with Gasteiger partial charge < -0.3 is 10.1 Å². The van der Waals surface area contributed by atoms with Crippen LogP contribution >= 0.6 is 11.3 Å². The second kappa shape index (κ2) is 6.36. The van der Waals surface area contributed by atoms with E-state index in [-0.39, 0.29) is 11.9 Å².